The van der Waals surface area contributed by atoms with Crippen LogP contribution in [0.4, 0.5) is 18.9 Å². The van der Waals surface area contributed by atoms with Crippen LogP contribution >= 0.6 is 0 Å². The summed E-state index contributed by atoms with van der Waals surface area (Å²) in [5.74, 6) is 0. The third kappa shape index (κ3) is 2.25. The van der Waals surface area contributed by atoms with Gasteiger partial charge in [-0.2, -0.15) is 13.2 Å². The first kappa shape index (κ1) is 11.5. The van der Waals surface area contributed by atoms with E-state index in [0.717, 1.165) is 17.8 Å². The van der Waals surface area contributed by atoms with E-state index in [2.05, 4.69) is 4.98 Å². The number of imidazole rings is 1. The fraction of sp³-hybridized carbons (Fsp3) is 0.182. The van der Waals surface area contributed by atoms with E-state index < -0.39 is 11.7 Å². The fourth-order valence-corrected chi connectivity index (χ4v) is 1.52. The second kappa shape index (κ2) is 3.80. The first-order chi connectivity index (χ1) is 7.88. The minimum Gasteiger partial charge on any atom is -0.397 e. The molecule has 0 atom stereocenters. The van der Waals surface area contributed by atoms with E-state index in [1.165, 1.54) is 12.4 Å². The molecule has 1 aromatic heterocycles. The summed E-state index contributed by atoms with van der Waals surface area (Å²) in [6.45, 7) is 1.79. The second-order valence-electron chi connectivity index (χ2n) is 3.69. The lowest BCUT2D eigenvalue weighted by Crippen LogP contribution is -2.07. The zero-order chi connectivity index (χ0) is 12.6. The zero-order valence-electron chi connectivity index (χ0n) is 8.99. The van der Waals surface area contributed by atoms with Gasteiger partial charge in [0, 0.05) is 6.20 Å². The van der Waals surface area contributed by atoms with Gasteiger partial charge in [-0.3, -0.25) is 0 Å². The number of nitrogens with zero attached hydrogens (tertiary/aromatic N) is 2. The Morgan fingerprint density at radius 1 is 1.29 bits per heavy atom. The predicted molar refractivity (Wildman–Crippen MR) is 57.7 cm³/mol. The van der Waals surface area contributed by atoms with Gasteiger partial charge in [0.1, 0.15) is 0 Å². The largest absolute Gasteiger partial charge is 0.416 e. The standard InChI is InChI=1S/C11H10F3N3/c1-7-5-17(6-16-7)10-3-2-8(4-9(10)15)11(12,13)14/h2-6H,15H2,1H3. The van der Waals surface area contributed by atoms with Crippen molar-refractivity contribution >= 4 is 5.69 Å². The van der Waals surface area contributed by atoms with Crippen molar-refractivity contribution in [2.75, 3.05) is 5.73 Å². The third-order valence-electron chi connectivity index (χ3n) is 2.34. The van der Waals surface area contributed by atoms with Gasteiger partial charge in [0.25, 0.3) is 0 Å². The highest BCUT2D eigenvalue weighted by Crippen LogP contribution is 2.32. The number of nitrogen functional groups attached to an aromatic ring is 1. The molecule has 0 unspecified atom stereocenters. The second-order valence-corrected chi connectivity index (χ2v) is 3.69. The Labute approximate surface area is 95.7 Å². The topological polar surface area (TPSA) is 43.8 Å². The quantitative estimate of drug-likeness (QED) is 0.780. The smallest absolute Gasteiger partial charge is 0.397 e. The molecule has 0 aliphatic carbocycles. The molecule has 0 fully saturated rings. The summed E-state index contributed by atoms with van der Waals surface area (Å²) in [6.07, 6.45) is -1.18. The van der Waals surface area contributed by atoms with E-state index in [-0.39, 0.29) is 5.69 Å². The van der Waals surface area contributed by atoms with Crippen LogP contribution in [0.15, 0.2) is 30.7 Å². The van der Waals surface area contributed by atoms with Crippen molar-refractivity contribution in [2.45, 2.75) is 13.1 Å². The SMILES string of the molecule is Cc1cn(-c2ccc(C(F)(F)F)cc2N)cn1. The van der Waals surface area contributed by atoms with Gasteiger partial charge in [-0.15, -0.1) is 0 Å². The number of nitrogens with two attached hydrogens (primary N) is 1. The van der Waals surface area contributed by atoms with E-state index >= 15 is 0 Å². The third-order valence-corrected chi connectivity index (χ3v) is 2.34. The van der Waals surface area contributed by atoms with Gasteiger partial charge in [-0.1, -0.05) is 0 Å². The number of hydrogen-bond donors (Lipinski definition) is 1. The lowest BCUT2D eigenvalue weighted by Gasteiger charge is -2.11. The number of aromatic nitrogens is 2. The Kier molecular flexibility index (Phi) is 2.57. The fourth-order valence-electron chi connectivity index (χ4n) is 1.52. The first-order valence-electron chi connectivity index (χ1n) is 4.85. The molecule has 0 radical (unpaired) electrons. The Morgan fingerprint density at radius 2 is 2.00 bits per heavy atom. The molecule has 6 heteroatoms. The van der Waals surface area contributed by atoms with Crippen LogP contribution < -0.4 is 5.73 Å². The maximum absolute atomic E-state index is 12.4. The average Bonchev–Trinajstić information content (AvgIpc) is 2.63. The van der Waals surface area contributed by atoms with Gasteiger partial charge in [0.15, 0.2) is 0 Å². The molecule has 3 nitrogen and oxygen atoms in total. The van der Waals surface area contributed by atoms with Gasteiger partial charge in [-0.25, -0.2) is 4.98 Å². The van der Waals surface area contributed by atoms with Crippen LogP contribution in [0.3, 0.4) is 0 Å². The number of halogens is 3. The summed E-state index contributed by atoms with van der Waals surface area (Å²) in [5, 5.41) is 0. The van der Waals surface area contributed by atoms with Gasteiger partial charge >= 0.3 is 6.18 Å². The van der Waals surface area contributed by atoms with Crippen molar-refractivity contribution in [1.82, 2.24) is 9.55 Å². The Bertz CT molecular complexity index is 543. The molecule has 90 valence electrons. The Balaban J connectivity index is 2.45. The summed E-state index contributed by atoms with van der Waals surface area (Å²) in [4.78, 5) is 3.99. The summed E-state index contributed by atoms with van der Waals surface area (Å²) < 4.78 is 38.9. The maximum Gasteiger partial charge on any atom is 0.416 e. The summed E-state index contributed by atoms with van der Waals surface area (Å²) in [7, 11) is 0. The summed E-state index contributed by atoms with van der Waals surface area (Å²) >= 11 is 0. The molecule has 1 heterocycles. The molecule has 1 aromatic carbocycles. The summed E-state index contributed by atoms with van der Waals surface area (Å²) in [6, 6.07) is 3.25. The van der Waals surface area contributed by atoms with Gasteiger partial charge < -0.3 is 10.3 Å². The minimum atomic E-state index is -4.38. The molecule has 0 aliphatic rings. The van der Waals surface area contributed by atoms with Crippen LogP contribution in [0.1, 0.15) is 11.3 Å². The normalized spacial score (nSPS) is 11.8. The van der Waals surface area contributed by atoms with Gasteiger partial charge in [-0.05, 0) is 25.1 Å². The van der Waals surface area contributed by atoms with E-state index in [0.29, 0.717) is 5.69 Å². The molecule has 0 bridgehead atoms. The van der Waals surface area contributed by atoms with Crippen molar-refractivity contribution in [3.63, 3.8) is 0 Å². The lowest BCUT2D eigenvalue weighted by atomic mass is 10.1. The molecule has 17 heavy (non-hydrogen) atoms. The molecule has 2 aromatic rings. The van der Waals surface area contributed by atoms with Crippen LogP contribution in [0, 0.1) is 6.92 Å². The van der Waals surface area contributed by atoms with E-state index in [1.54, 1.807) is 17.7 Å². The van der Waals surface area contributed by atoms with Gasteiger partial charge in [0.05, 0.1) is 29.0 Å². The molecular formula is C11H10F3N3. The predicted octanol–water partition coefficient (Wildman–Crippen LogP) is 2.78. The average molecular weight is 241 g/mol. The molecule has 0 aliphatic heterocycles. The number of anilines is 1. The molecule has 2 rings (SSSR count). The van der Waals surface area contributed by atoms with Crippen molar-refractivity contribution in [1.29, 1.82) is 0 Å². The summed E-state index contributed by atoms with van der Waals surface area (Å²) in [5.41, 5.74) is 6.18. The van der Waals surface area contributed by atoms with Crippen molar-refractivity contribution in [3.05, 3.63) is 42.0 Å². The molecule has 0 saturated heterocycles. The highest BCUT2D eigenvalue weighted by molar-refractivity contribution is 5.59. The van der Waals surface area contributed by atoms with Crippen LogP contribution in [-0.4, -0.2) is 9.55 Å². The van der Waals surface area contributed by atoms with Crippen molar-refractivity contribution in [2.24, 2.45) is 0 Å². The highest BCUT2D eigenvalue weighted by atomic mass is 19.4. The lowest BCUT2D eigenvalue weighted by molar-refractivity contribution is -0.137. The first-order valence-corrected chi connectivity index (χ1v) is 4.85. The maximum atomic E-state index is 12.4. The Morgan fingerprint density at radius 3 is 2.47 bits per heavy atom. The number of alkyl halides is 3. The van der Waals surface area contributed by atoms with E-state index in [4.69, 9.17) is 5.73 Å². The number of hydrogen-bond acceptors (Lipinski definition) is 2. The number of aryl methyl sites for hydroxylation is 1. The van der Waals surface area contributed by atoms with Crippen LogP contribution in [0.5, 0.6) is 0 Å². The number of rotatable bonds is 1. The number of benzene rings is 1. The van der Waals surface area contributed by atoms with Crippen LogP contribution in [0.25, 0.3) is 5.69 Å². The molecular weight excluding hydrogens is 231 g/mol. The van der Waals surface area contributed by atoms with E-state index in [9.17, 15) is 13.2 Å². The highest BCUT2D eigenvalue weighted by Gasteiger charge is 2.30. The monoisotopic (exact) mass is 241 g/mol. The van der Waals surface area contributed by atoms with E-state index in [1.807, 2.05) is 0 Å². The molecule has 0 amide bonds. The molecule has 0 saturated carbocycles. The van der Waals surface area contributed by atoms with Crippen LogP contribution in [-0.2, 0) is 6.18 Å². The minimum absolute atomic E-state index is 0.0669. The van der Waals surface area contributed by atoms with Crippen LogP contribution in [0.2, 0.25) is 0 Å². The zero-order valence-corrected chi connectivity index (χ0v) is 8.99. The molecule has 0 spiro atoms. The van der Waals surface area contributed by atoms with Crippen molar-refractivity contribution in [3.8, 4) is 5.69 Å². The van der Waals surface area contributed by atoms with Gasteiger partial charge in [0.2, 0.25) is 0 Å². The van der Waals surface area contributed by atoms with Crippen molar-refractivity contribution < 1.29 is 13.2 Å². The molecule has 2 N–H and O–H groups in total. The Hall–Kier alpha value is -1.98.